The van der Waals surface area contributed by atoms with Gasteiger partial charge in [-0.3, -0.25) is 0 Å². The Morgan fingerprint density at radius 2 is 1.72 bits per heavy atom. The van der Waals surface area contributed by atoms with E-state index >= 15 is 0 Å². The predicted octanol–water partition coefficient (Wildman–Crippen LogP) is 5.59. The molecule has 164 valence electrons. The zero-order valence-electron chi connectivity index (χ0n) is 18.6. The van der Waals surface area contributed by atoms with Crippen molar-refractivity contribution in [3.05, 3.63) is 12.2 Å². The normalized spacial score (nSPS) is 36.6. The first-order chi connectivity index (χ1) is 13.9. The molecule has 0 amide bonds. The largest absolute Gasteiger partial charge is 0.456 e. The van der Waals surface area contributed by atoms with E-state index in [9.17, 15) is 4.79 Å². The fourth-order valence-corrected chi connectivity index (χ4v) is 7.07. The van der Waals surface area contributed by atoms with Gasteiger partial charge in [0.05, 0.1) is 18.8 Å². The van der Waals surface area contributed by atoms with Crippen LogP contribution in [-0.2, 0) is 19.0 Å². The highest BCUT2D eigenvalue weighted by Crippen LogP contribution is 2.60. The van der Waals surface area contributed by atoms with E-state index in [-0.39, 0.29) is 17.2 Å². The van der Waals surface area contributed by atoms with Gasteiger partial charge in [-0.2, -0.15) is 0 Å². The van der Waals surface area contributed by atoms with Crippen LogP contribution in [0.4, 0.5) is 0 Å². The molecule has 1 saturated heterocycles. The van der Waals surface area contributed by atoms with Crippen molar-refractivity contribution in [1.29, 1.82) is 0 Å². The smallest absolute Gasteiger partial charge is 0.333 e. The van der Waals surface area contributed by atoms with Crippen LogP contribution < -0.4 is 0 Å². The molecule has 4 aliphatic carbocycles. The van der Waals surface area contributed by atoms with Gasteiger partial charge in [-0.05, 0) is 70.1 Å². The lowest BCUT2D eigenvalue weighted by Gasteiger charge is -2.60. The van der Waals surface area contributed by atoms with Crippen molar-refractivity contribution >= 4 is 5.97 Å². The Morgan fingerprint density at radius 1 is 1.03 bits per heavy atom. The highest BCUT2D eigenvalue weighted by molar-refractivity contribution is 5.87. The molecule has 4 nitrogen and oxygen atoms in total. The van der Waals surface area contributed by atoms with Gasteiger partial charge in [0, 0.05) is 24.0 Å². The summed E-state index contributed by atoms with van der Waals surface area (Å²) >= 11 is 0. The Bertz CT molecular complexity index is 606. The van der Waals surface area contributed by atoms with Crippen molar-refractivity contribution in [3.8, 4) is 0 Å². The predicted molar refractivity (Wildman–Crippen MR) is 114 cm³/mol. The Labute approximate surface area is 176 Å². The minimum atomic E-state index is -0.295. The molecule has 0 spiro atoms. The molecule has 0 radical (unpaired) electrons. The van der Waals surface area contributed by atoms with Gasteiger partial charge in [-0.1, -0.05) is 32.8 Å². The molecule has 0 aromatic heterocycles. The average Bonchev–Trinajstić information content (AvgIpc) is 2.60. The van der Waals surface area contributed by atoms with Crippen LogP contribution in [0.15, 0.2) is 12.2 Å². The quantitative estimate of drug-likeness (QED) is 0.256. The molecule has 1 heterocycles. The number of esters is 1. The standard InChI is InChI=1S/C25H40O4/c1-4-8-23(17-27-18-23)9-6-5-7-10-28-24-12-20-11-21(13-24)15-25(14-20,16-24)29-22(26)19(2)3/h20-21H,2,4-18H2,1,3H3. The lowest BCUT2D eigenvalue weighted by Crippen LogP contribution is -2.61. The van der Waals surface area contributed by atoms with Gasteiger partial charge in [0.1, 0.15) is 5.60 Å². The second-order valence-electron chi connectivity index (χ2n) is 10.9. The maximum atomic E-state index is 12.2. The van der Waals surface area contributed by atoms with E-state index in [4.69, 9.17) is 14.2 Å². The third-order valence-corrected chi connectivity index (χ3v) is 7.97. The van der Waals surface area contributed by atoms with Crippen LogP contribution in [0.1, 0.15) is 90.9 Å². The third kappa shape index (κ3) is 4.58. The zero-order chi connectivity index (χ0) is 20.5. The molecule has 5 fully saturated rings. The third-order valence-electron chi connectivity index (χ3n) is 7.97. The van der Waals surface area contributed by atoms with Crippen LogP contribution in [0.3, 0.4) is 0 Å². The summed E-state index contributed by atoms with van der Waals surface area (Å²) in [5.41, 5.74) is 0.643. The van der Waals surface area contributed by atoms with Gasteiger partial charge in [-0.15, -0.1) is 0 Å². The van der Waals surface area contributed by atoms with E-state index in [1.165, 1.54) is 38.5 Å². The number of carbonyl (C=O) groups excluding carboxylic acids is 1. The number of ether oxygens (including phenoxy) is 3. The molecule has 29 heavy (non-hydrogen) atoms. The molecule has 0 aromatic rings. The molecular weight excluding hydrogens is 364 g/mol. The molecule has 2 unspecified atom stereocenters. The van der Waals surface area contributed by atoms with E-state index in [0.717, 1.165) is 58.3 Å². The summed E-state index contributed by atoms with van der Waals surface area (Å²) in [5.74, 6) is 1.09. The van der Waals surface area contributed by atoms with E-state index in [2.05, 4.69) is 13.5 Å². The summed E-state index contributed by atoms with van der Waals surface area (Å²) in [6, 6.07) is 0. The number of unbranched alkanes of at least 4 members (excludes halogenated alkanes) is 2. The van der Waals surface area contributed by atoms with E-state index < -0.39 is 0 Å². The summed E-state index contributed by atoms with van der Waals surface area (Å²) in [5, 5.41) is 0. The fraction of sp³-hybridized carbons (Fsp3) is 0.880. The Morgan fingerprint density at radius 3 is 2.31 bits per heavy atom. The average molecular weight is 405 g/mol. The molecule has 5 rings (SSSR count). The van der Waals surface area contributed by atoms with Crippen molar-refractivity contribution in [2.24, 2.45) is 17.3 Å². The lowest BCUT2D eigenvalue weighted by atomic mass is 9.52. The van der Waals surface area contributed by atoms with Crippen LogP contribution in [0, 0.1) is 17.3 Å². The van der Waals surface area contributed by atoms with Gasteiger partial charge in [0.25, 0.3) is 0 Å². The monoisotopic (exact) mass is 404 g/mol. The van der Waals surface area contributed by atoms with Crippen molar-refractivity contribution in [2.75, 3.05) is 19.8 Å². The second kappa shape index (κ2) is 8.34. The first-order valence-corrected chi connectivity index (χ1v) is 12.0. The van der Waals surface area contributed by atoms with Crippen molar-refractivity contribution in [3.63, 3.8) is 0 Å². The molecular formula is C25H40O4. The molecule has 0 N–H and O–H groups in total. The van der Waals surface area contributed by atoms with E-state index in [1.54, 1.807) is 6.92 Å². The van der Waals surface area contributed by atoms with Crippen molar-refractivity contribution in [1.82, 2.24) is 0 Å². The van der Waals surface area contributed by atoms with Crippen molar-refractivity contribution < 1.29 is 19.0 Å². The summed E-state index contributed by atoms with van der Waals surface area (Å²) in [7, 11) is 0. The number of rotatable bonds is 11. The van der Waals surface area contributed by atoms with E-state index in [0.29, 0.717) is 22.8 Å². The Kier molecular flexibility index (Phi) is 6.14. The van der Waals surface area contributed by atoms with Crippen molar-refractivity contribution in [2.45, 2.75) is 102 Å². The molecule has 5 aliphatic rings. The Balaban J connectivity index is 1.24. The first-order valence-electron chi connectivity index (χ1n) is 12.0. The molecule has 4 saturated carbocycles. The summed E-state index contributed by atoms with van der Waals surface area (Å²) < 4.78 is 18.1. The summed E-state index contributed by atoms with van der Waals surface area (Å²) in [6.07, 6.45) is 14.1. The number of hydrogen-bond donors (Lipinski definition) is 0. The molecule has 2 atom stereocenters. The zero-order valence-corrected chi connectivity index (χ0v) is 18.6. The summed E-state index contributed by atoms with van der Waals surface area (Å²) in [4.78, 5) is 12.2. The SMILES string of the molecule is C=C(C)C(=O)OC12CC3CC(CC(OCCCCCC4(CCC)COC4)(C3)C1)C2. The van der Waals surface area contributed by atoms with Gasteiger partial charge < -0.3 is 14.2 Å². The first kappa shape index (κ1) is 21.4. The van der Waals surface area contributed by atoms with Gasteiger partial charge in [0.2, 0.25) is 0 Å². The number of carbonyl (C=O) groups is 1. The molecule has 1 aliphatic heterocycles. The lowest BCUT2D eigenvalue weighted by molar-refractivity contribution is -0.232. The molecule has 4 bridgehead atoms. The maximum Gasteiger partial charge on any atom is 0.333 e. The minimum absolute atomic E-state index is 0.0509. The van der Waals surface area contributed by atoms with Crippen LogP contribution in [0.5, 0.6) is 0 Å². The van der Waals surface area contributed by atoms with Gasteiger partial charge in [-0.25, -0.2) is 4.79 Å². The number of hydrogen-bond acceptors (Lipinski definition) is 4. The van der Waals surface area contributed by atoms with Gasteiger partial charge >= 0.3 is 5.97 Å². The van der Waals surface area contributed by atoms with Crippen LogP contribution in [0.2, 0.25) is 0 Å². The summed E-state index contributed by atoms with van der Waals surface area (Å²) in [6.45, 7) is 10.6. The topological polar surface area (TPSA) is 44.8 Å². The van der Waals surface area contributed by atoms with E-state index in [1.807, 2.05) is 0 Å². The van der Waals surface area contributed by atoms with Gasteiger partial charge in [0.15, 0.2) is 0 Å². The highest BCUT2D eigenvalue weighted by Gasteiger charge is 2.60. The molecule has 0 aromatic carbocycles. The minimum Gasteiger partial charge on any atom is -0.456 e. The Hall–Kier alpha value is -0.870. The highest BCUT2D eigenvalue weighted by atomic mass is 16.6. The van der Waals surface area contributed by atoms with Crippen LogP contribution in [-0.4, -0.2) is 37.0 Å². The maximum absolute atomic E-state index is 12.2. The fourth-order valence-electron chi connectivity index (χ4n) is 7.07. The second-order valence-corrected chi connectivity index (χ2v) is 10.9. The van der Waals surface area contributed by atoms with Crippen LogP contribution >= 0.6 is 0 Å². The van der Waals surface area contributed by atoms with Crippen LogP contribution in [0.25, 0.3) is 0 Å². The molecule has 4 heteroatoms.